The molecular weight excluding hydrogens is 383 g/mol. The molecule has 0 amide bonds. The van der Waals surface area contributed by atoms with Gasteiger partial charge in [0, 0.05) is 10.8 Å². The Balaban J connectivity index is 3.40. The van der Waals surface area contributed by atoms with Crippen molar-refractivity contribution in [3.63, 3.8) is 0 Å². The maximum Gasteiger partial charge on any atom is 0.397 e. The lowest BCUT2D eigenvalue weighted by Crippen LogP contribution is -2.14. The highest BCUT2D eigenvalue weighted by atomic mass is 35.5. The third-order valence-electron chi connectivity index (χ3n) is 4.33. The molecule has 0 saturated carbocycles. The first-order chi connectivity index (χ1) is 11.9. The SMILES string of the molecule is CCCCCCCCC(Cl)C(Cl)CCCCCCCCOS(=O)(=O)O. The Hall–Kier alpha value is 0.450. The molecule has 25 heavy (non-hydrogen) atoms. The molecule has 2 atom stereocenters. The van der Waals surface area contributed by atoms with Crippen LogP contribution in [-0.4, -0.2) is 30.3 Å². The summed E-state index contributed by atoms with van der Waals surface area (Å²) < 4.78 is 33.4. The van der Waals surface area contributed by atoms with Gasteiger partial charge in [0.25, 0.3) is 0 Å². The van der Waals surface area contributed by atoms with E-state index in [1.807, 2.05) is 0 Å². The van der Waals surface area contributed by atoms with E-state index in [0.717, 1.165) is 44.9 Å². The smallest absolute Gasteiger partial charge is 0.264 e. The zero-order valence-corrected chi connectivity index (χ0v) is 17.9. The van der Waals surface area contributed by atoms with Gasteiger partial charge in [-0.15, -0.1) is 23.2 Å². The van der Waals surface area contributed by atoms with Gasteiger partial charge in [-0.1, -0.05) is 77.6 Å². The number of halogens is 2. The molecular formula is C18H36Cl2O4S. The number of unbranched alkanes of at least 4 members (excludes halogenated alkanes) is 10. The molecule has 0 aromatic rings. The Morgan fingerprint density at radius 2 is 1.16 bits per heavy atom. The molecule has 0 rings (SSSR count). The summed E-state index contributed by atoms with van der Waals surface area (Å²) in [6, 6.07) is 0. The second-order valence-corrected chi connectivity index (χ2v) is 8.96. The van der Waals surface area contributed by atoms with Crippen LogP contribution in [-0.2, 0) is 14.6 Å². The Kier molecular flexibility index (Phi) is 16.9. The standard InChI is InChI=1S/C18H36Cl2O4S/c1-2-3-4-5-8-11-14-17(19)18(20)15-12-9-6-7-10-13-16-24-25(21,22)23/h17-18H,2-16H2,1H3,(H,21,22,23). The Morgan fingerprint density at radius 3 is 1.60 bits per heavy atom. The van der Waals surface area contributed by atoms with Crippen LogP contribution in [0.25, 0.3) is 0 Å². The molecule has 0 aromatic carbocycles. The van der Waals surface area contributed by atoms with E-state index < -0.39 is 10.4 Å². The first-order valence-corrected chi connectivity index (χ1v) is 12.0. The van der Waals surface area contributed by atoms with Crippen molar-refractivity contribution in [3.05, 3.63) is 0 Å². The van der Waals surface area contributed by atoms with E-state index in [1.165, 1.54) is 38.5 Å². The average molecular weight is 419 g/mol. The lowest BCUT2D eigenvalue weighted by atomic mass is 10.0. The van der Waals surface area contributed by atoms with Crippen LogP contribution in [0.1, 0.15) is 96.8 Å². The Labute approximate surface area is 165 Å². The summed E-state index contributed by atoms with van der Waals surface area (Å²) >= 11 is 12.8. The molecule has 152 valence electrons. The van der Waals surface area contributed by atoms with Crippen LogP contribution in [0.5, 0.6) is 0 Å². The average Bonchev–Trinajstić information content (AvgIpc) is 2.55. The summed E-state index contributed by atoms with van der Waals surface area (Å²) in [4.78, 5) is 0. The van der Waals surface area contributed by atoms with Gasteiger partial charge in [0.2, 0.25) is 0 Å². The zero-order chi connectivity index (χ0) is 19.0. The number of hydrogen-bond donors (Lipinski definition) is 1. The van der Waals surface area contributed by atoms with E-state index in [9.17, 15) is 8.42 Å². The minimum atomic E-state index is -4.28. The summed E-state index contributed by atoms with van der Waals surface area (Å²) in [6.45, 7) is 2.28. The fourth-order valence-corrected chi connectivity index (χ4v) is 3.68. The molecule has 1 N–H and O–H groups in total. The van der Waals surface area contributed by atoms with Gasteiger partial charge in [0.05, 0.1) is 6.61 Å². The molecule has 0 aliphatic carbocycles. The normalized spacial score (nSPS) is 14.6. The maximum absolute atomic E-state index is 10.4. The van der Waals surface area contributed by atoms with E-state index in [-0.39, 0.29) is 17.4 Å². The minimum absolute atomic E-state index is 0.0506. The van der Waals surface area contributed by atoms with Gasteiger partial charge in [0.1, 0.15) is 0 Å². The van der Waals surface area contributed by atoms with Crippen molar-refractivity contribution in [2.24, 2.45) is 0 Å². The van der Waals surface area contributed by atoms with Gasteiger partial charge < -0.3 is 0 Å². The lowest BCUT2D eigenvalue weighted by Gasteiger charge is -2.16. The van der Waals surface area contributed by atoms with Crippen LogP contribution >= 0.6 is 23.2 Å². The van der Waals surface area contributed by atoms with E-state index >= 15 is 0 Å². The van der Waals surface area contributed by atoms with Gasteiger partial charge >= 0.3 is 10.4 Å². The second-order valence-electron chi connectivity index (χ2n) is 6.75. The van der Waals surface area contributed by atoms with Gasteiger partial charge in [-0.05, 0) is 19.3 Å². The Morgan fingerprint density at radius 1 is 0.760 bits per heavy atom. The van der Waals surface area contributed by atoms with Crippen molar-refractivity contribution < 1.29 is 17.2 Å². The van der Waals surface area contributed by atoms with Crippen LogP contribution in [0.15, 0.2) is 0 Å². The van der Waals surface area contributed by atoms with Crippen molar-refractivity contribution in [1.82, 2.24) is 0 Å². The first kappa shape index (κ1) is 25.4. The molecule has 0 radical (unpaired) electrons. The third kappa shape index (κ3) is 19.0. The van der Waals surface area contributed by atoms with E-state index in [0.29, 0.717) is 6.42 Å². The number of alkyl halides is 2. The lowest BCUT2D eigenvalue weighted by molar-refractivity contribution is 0.261. The molecule has 0 spiro atoms. The largest absolute Gasteiger partial charge is 0.397 e. The molecule has 0 fully saturated rings. The molecule has 0 bridgehead atoms. The summed E-state index contributed by atoms with van der Waals surface area (Å²) in [5.74, 6) is 0. The molecule has 0 heterocycles. The second kappa shape index (κ2) is 16.6. The van der Waals surface area contributed by atoms with Gasteiger partial charge in [-0.2, -0.15) is 8.42 Å². The predicted molar refractivity (Wildman–Crippen MR) is 107 cm³/mol. The topological polar surface area (TPSA) is 63.6 Å². The monoisotopic (exact) mass is 418 g/mol. The van der Waals surface area contributed by atoms with E-state index in [2.05, 4.69) is 11.1 Å². The zero-order valence-electron chi connectivity index (χ0n) is 15.6. The van der Waals surface area contributed by atoms with Crippen LogP contribution in [0.3, 0.4) is 0 Å². The van der Waals surface area contributed by atoms with Gasteiger partial charge in [-0.3, -0.25) is 4.55 Å². The summed E-state index contributed by atoms with van der Waals surface area (Å²) in [5.41, 5.74) is 0. The molecule has 4 nitrogen and oxygen atoms in total. The maximum atomic E-state index is 10.4. The van der Waals surface area contributed by atoms with Crippen molar-refractivity contribution in [3.8, 4) is 0 Å². The fraction of sp³-hybridized carbons (Fsp3) is 1.00. The van der Waals surface area contributed by atoms with Crippen LogP contribution in [0, 0.1) is 0 Å². The molecule has 7 heteroatoms. The number of rotatable bonds is 18. The van der Waals surface area contributed by atoms with Crippen LogP contribution in [0.2, 0.25) is 0 Å². The number of hydrogen-bond acceptors (Lipinski definition) is 3. The van der Waals surface area contributed by atoms with Crippen molar-refractivity contribution in [1.29, 1.82) is 0 Å². The predicted octanol–water partition coefficient (Wildman–Crippen LogP) is 6.50. The summed E-state index contributed by atoms with van der Waals surface area (Å²) in [6.07, 6.45) is 15.5. The first-order valence-electron chi connectivity index (χ1n) is 9.76. The highest BCUT2D eigenvalue weighted by Crippen LogP contribution is 2.23. The van der Waals surface area contributed by atoms with Gasteiger partial charge in [-0.25, -0.2) is 4.18 Å². The van der Waals surface area contributed by atoms with Crippen LogP contribution < -0.4 is 0 Å². The molecule has 0 aliphatic rings. The Bertz CT molecular complexity index is 391. The molecule has 0 aromatic heterocycles. The highest BCUT2D eigenvalue weighted by molar-refractivity contribution is 7.80. The molecule has 0 saturated heterocycles. The van der Waals surface area contributed by atoms with Crippen LogP contribution in [0.4, 0.5) is 0 Å². The van der Waals surface area contributed by atoms with Crippen molar-refractivity contribution in [2.45, 2.75) is 108 Å². The van der Waals surface area contributed by atoms with E-state index in [1.54, 1.807) is 0 Å². The quantitative estimate of drug-likeness (QED) is 0.156. The summed E-state index contributed by atoms with van der Waals surface area (Å²) in [5, 5.41) is 0.130. The van der Waals surface area contributed by atoms with Crippen molar-refractivity contribution >= 4 is 33.6 Å². The van der Waals surface area contributed by atoms with E-state index in [4.69, 9.17) is 27.8 Å². The third-order valence-corrected chi connectivity index (χ3v) is 5.97. The molecule has 0 aliphatic heterocycles. The minimum Gasteiger partial charge on any atom is -0.264 e. The van der Waals surface area contributed by atoms with Gasteiger partial charge in [0.15, 0.2) is 0 Å². The van der Waals surface area contributed by atoms with Crippen molar-refractivity contribution in [2.75, 3.05) is 6.61 Å². The molecule has 2 unspecified atom stereocenters. The highest BCUT2D eigenvalue weighted by Gasteiger charge is 2.15. The summed E-state index contributed by atoms with van der Waals surface area (Å²) in [7, 11) is -4.28. The fourth-order valence-electron chi connectivity index (χ4n) is 2.79.